The second kappa shape index (κ2) is 6.14. The van der Waals surface area contributed by atoms with Crippen LogP contribution in [-0.4, -0.2) is 28.9 Å². The first kappa shape index (κ1) is 13.9. The van der Waals surface area contributed by atoms with Crippen molar-refractivity contribution in [1.82, 2.24) is 9.88 Å². The molecular weight excluding hydrogens is 286 g/mol. The van der Waals surface area contributed by atoms with Crippen molar-refractivity contribution in [3.63, 3.8) is 0 Å². The molecule has 4 nitrogen and oxygen atoms in total. The number of hydrogen-bond acceptors (Lipinski definition) is 3. The molecule has 2 heterocycles. The van der Waals surface area contributed by atoms with Gasteiger partial charge in [-0.05, 0) is 43.2 Å². The summed E-state index contributed by atoms with van der Waals surface area (Å²) in [5.74, 6) is 0.0156. The molecule has 1 N–H and O–H groups in total. The second-order valence-electron chi connectivity index (χ2n) is 5.07. The number of carbonyl (C=O) groups excluding carboxylic acids is 1. The Kier molecular flexibility index (Phi) is 4.06. The summed E-state index contributed by atoms with van der Waals surface area (Å²) in [6.45, 7) is 1.67. The number of benzene rings is 1. The Hall–Kier alpha value is -2.07. The molecule has 2 aromatic rings. The largest absolute Gasteiger partial charge is 0.354 e. The molecular formula is C16H16ClN3O. The van der Waals surface area contributed by atoms with E-state index in [-0.39, 0.29) is 5.91 Å². The van der Waals surface area contributed by atoms with Crippen LogP contribution in [-0.2, 0) is 0 Å². The lowest BCUT2D eigenvalue weighted by molar-refractivity contribution is 0.0787. The van der Waals surface area contributed by atoms with Crippen LogP contribution in [0.25, 0.3) is 0 Å². The molecule has 1 fully saturated rings. The maximum atomic E-state index is 12.2. The van der Waals surface area contributed by atoms with Gasteiger partial charge in [-0.3, -0.25) is 4.79 Å². The van der Waals surface area contributed by atoms with Crippen LogP contribution in [0.3, 0.4) is 0 Å². The van der Waals surface area contributed by atoms with Gasteiger partial charge in [0.25, 0.3) is 5.91 Å². The van der Waals surface area contributed by atoms with Gasteiger partial charge in [0.05, 0.1) is 11.9 Å². The van der Waals surface area contributed by atoms with E-state index >= 15 is 0 Å². The molecule has 1 aliphatic rings. The average Bonchev–Trinajstić information content (AvgIpc) is 3.01. The van der Waals surface area contributed by atoms with Crippen molar-refractivity contribution in [3.8, 4) is 0 Å². The number of hydrogen-bond donors (Lipinski definition) is 1. The van der Waals surface area contributed by atoms with Crippen molar-refractivity contribution in [2.75, 3.05) is 18.4 Å². The van der Waals surface area contributed by atoms with Gasteiger partial charge < -0.3 is 10.2 Å². The molecule has 1 aromatic heterocycles. The third kappa shape index (κ3) is 3.34. The van der Waals surface area contributed by atoms with Crippen molar-refractivity contribution >= 4 is 28.9 Å². The SMILES string of the molecule is O=C(c1ccc(Nc2cccc(Cl)c2)cn1)N1CCCC1. The first-order chi connectivity index (χ1) is 10.2. The van der Waals surface area contributed by atoms with E-state index in [1.54, 1.807) is 12.3 Å². The summed E-state index contributed by atoms with van der Waals surface area (Å²) in [6, 6.07) is 11.1. The lowest BCUT2D eigenvalue weighted by Gasteiger charge is -2.14. The number of carbonyl (C=O) groups is 1. The van der Waals surface area contributed by atoms with Crippen molar-refractivity contribution in [2.45, 2.75) is 12.8 Å². The van der Waals surface area contributed by atoms with Gasteiger partial charge in [0.15, 0.2) is 0 Å². The van der Waals surface area contributed by atoms with E-state index in [1.165, 1.54) is 0 Å². The molecule has 1 aromatic carbocycles. The number of rotatable bonds is 3. The van der Waals surface area contributed by atoms with E-state index in [9.17, 15) is 4.79 Å². The summed E-state index contributed by atoms with van der Waals surface area (Å²) in [6.07, 6.45) is 3.84. The Morgan fingerprint density at radius 2 is 1.95 bits per heavy atom. The van der Waals surface area contributed by atoms with Gasteiger partial charge in [-0.15, -0.1) is 0 Å². The maximum Gasteiger partial charge on any atom is 0.272 e. The predicted octanol–water partition coefficient (Wildman–Crippen LogP) is 3.71. The number of anilines is 2. The molecule has 0 spiro atoms. The molecule has 0 atom stereocenters. The smallest absolute Gasteiger partial charge is 0.272 e. The Labute approximate surface area is 128 Å². The van der Waals surface area contributed by atoms with Crippen LogP contribution in [0, 0.1) is 0 Å². The van der Waals surface area contributed by atoms with Gasteiger partial charge in [0.1, 0.15) is 5.69 Å². The van der Waals surface area contributed by atoms with E-state index in [0.717, 1.165) is 37.3 Å². The fourth-order valence-electron chi connectivity index (χ4n) is 2.41. The Morgan fingerprint density at radius 1 is 1.14 bits per heavy atom. The van der Waals surface area contributed by atoms with E-state index in [0.29, 0.717) is 10.7 Å². The topological polar surface area (TPSA) is 45.2 Å². The summed E-state index contributed by atoms with van der Waals surface area (Å²) in [7, 11) is 0. The molecule has 1 saturated heterocycles. The molecule has 0 unspecified atom stereocenters. The van der Waals surface area contributed by atoms with E-state index in [2.05, 4.69) is 10.3 Å². The average molecular weight is 302 g/mol. The minimum atomic E-state index is 0.0156. The Bertz CT molecular complexity index is 636. The summed E-state index contributed by atoms with van der Waals surface area (Å²) < 4.78 is 0. The second-order valence-corrected chi connectivity index (χ2v) is 5.50. The Balaban J connectivity index is 1.70. The monoisotopic (exact) mass is 301 g/mol. The van der Waals surface area contributed by atoms with Crippen molar-refractivity contribution in [2.24, 2.45) is 0 Å². The summed E-state index contributed by atoms with van der Waals surface area (Å²) in [4.78, 5) is 18.3. The lowest BCUT2D eigenvalue weighted by Crippen LogP contribution is -2.28. The standard InChI is InChI=1S/C16H16ClN3O/c17-12-4-3-5-13(10-12)19-14-6-7-15(18-11-14)16(21)20-8-1-2-9-20/h3-7,10-11,19H,1-2,8-9H2. The third-order valence-corrected chi connectivity index (χ3v) is 3.72. The van der Waals surface area contributed by atoms with Crippen LogP contribution >= 0.6 is 11.6 Å². The van der Waals surface area contributed by atoms with Crippen LogP contribution < -0.4 is 5.32 Å². The fourth-order valence-corrected chi connectivity index (χ4v) is 2.60. The summed E-state index contributed by atoms with van der Waals surface area (Å²) >= 11 is 5.94. The van der Waals surface area contributed by atoms with Crippen molar-refractivity contribution in [1.29, 1.82) is 0 Å². The highest BCUT2D eigenvalue weighted by Gasteiger charge is 2.20. The number of likely N-dealkylation sites (tertiary alicyclic amines) is 1. The summed E-state index contributed by atoms with van der Waals surface area (Å²) in [5.41, 5.74) is 2.21. The number of nitrogens with zero attached hydrogens (tertiary/aromatic N) is 2. The Morgan fingerprint density at radius 3 is 2.62 bits per heavy atom. The lowest BCUT2D eigenvalue weighted by atomic mass is 10.2. The van der Waals surface area contributed by atoms with Crippen LogP contribution in [0.1, 0.15) is 23.3 Å². The minimum absolute atomic E-state index is 0.0156. The van der Waals surface area contributed by atoms with Gasteiger partial charge in [0.2, 0.25) is 0 Å². The minimum Gasteiger partial charge on any atom is -0.354 e. The predicted molar refractivity (Wildman–Crippen MR) is 84.1 cm³/mol. The van der Waals surface area contributed by atoms with Gasteiger partial charge >= 0.3 is 0 Å². The fraction of sp³-hybridized carbons (Fsp3) is 0.250. The number of nitrogens with one attached hydrogen (secondary N) is 1. The van der Waals surface area contributed by atoms with Crippen LogP contribution in [0.2, 0.25) is 5.02 Å². The number of aromatic nitrogens is 1. The van der Waals surface area contributed by atoms with Crippen LogP contribution in [0.4, 0.5) is 11.4 Å². The number of pyridine rings is 1. The number of amides is 1. The maximum absolute atomic E-state index is 12.2. The zero-order valence-electron chi connectivity index (χ0n) is 11.6. The first-order valence-electron chi connectivity index (χ1n) is 7.00. The highest BCUT2D eigenvalue weighted by atomic mass is 35.5. The molecule has 0 aliphatic carbocycles. The zero-order chi connectivity index (χ0) is 14.7. The zero-order valence-corrected chi connectivity index (χ0v) is 12.3. The van der Waals surface area contributed by atoms with E-state index < -0.39 is 0 Å². The molecule has 0 saturated carbocycles. The molecule has 0 radical (unpaired) electrons. The van der Waals surface area contributed by atoms with Crippen molar-refractivity contribution < 1.29 is 4.79 Å². The summed E-state index contributed by atoms with van der Waals surface area (Å²) in [5, 5.41) is 3.88. The molecule has 1 amide bonds. The molecule has 0 bridgehead atoms. The normalized spacial score (nSPS) is 14.2. The molecule has 21 heavy (non-hydrogen) atoms. The molecule has 1 aliphatic heterocycles. The molecule has 3 rings (SSSR count). The first-order valence-corrected chi connectivity index (χ1v) is 7.38. The molecule has 5 heteroatoms. The highest BCUT2D eigenvalue weighted by molar-refractivity contribution is 6.30. The van der Waals surface area contributed by atoms with Gasteiger partial charge in [-0.2, -0.15) is 0 Å². The van der Waals surface area contributed by atoms with E-state index in [4.69, 9.17) is 11.6 Å². The molecule has 108 valence electrons. The van der Waals surface area contributed by atoms with Gasteiger partial charge in [-0.1, -0.05) is 17.7 Å². The van der Waals surface area contributed by atoms with Crippen LogP contribution in [0.5, 0.6) is 0 Å². The van der Waals surface area contributed by atoms with Crippen LogP contribution in [0.15, 0.2) is 42.6 Å². The third-order valence-electron chi connectivity index (χ3n) is 3.49. The highest BCUT2D eigenvalue weighted by Crippen LogP contribution is 2.20. The van der Waals surface area contributed by atoms with Crippen molar-refractivity contribution in [3.05, 3.63) is 53.3 Å². The number of halogens is 1. The van der Waals surface area contributed by atoms with Gasteiger partial charge in [-0.25, -0.2) is 4.98 Å². The quantitative estimate of drug-likeness (QED) is 0.940. The van der Waals surface area contributed by atoms with Gasteiger partial charge in [0, 0.05) is 23.8 Å². The van der Waals surface area contributed by atoms with E-state index in [1.807, 2.05) is 35.2 Å².